The van der Waals surface area contributed by atoms with Crippen molar-refractivity contribution in [3.63, 3.8) is 0 Å². The molecule has 0 aromatic carbocycles. The van der Waals surface area contributed by atoms with E-state index in [2.05, 4.69) is 55.4 Å². The molecule has 7 nitrogen and oxygen atoms in total. The third kappa shape index (κ3) is 35.6. The second-order valence-corrected chi connectivity index (χ2v) is 17.6. The predicted molar refractivity (Wildman–Crippen MR) is 261 cm³/mol. The van der Waals surface area contributed by atoms with E-state index < -0.39 is 0 Å². The topological polar surface area (TPSA) is 64.6 Å². The third-order valence-electron chi connectivity index (χ3n) is 11.4. The summed E-state index contributed by atoms with van der Waals surface area (Å²) >= 11 is 0. The number of allylic oxidation sites excluding steroid dienone is 2. The first-order valence-electron chi connectivity index (χ1n) is 26.9. The average Bonchev–Trinajstić information content (AvgIpc) is 3.27. The number of hydrogen-bond acceptors (Lipinski definition) is 7. The van der Waals surface area contributed by atoms with Crippen molar-refractivity contribution in [1.82, 2.24) is 0 Å². The molecule has 0 heterocycles. The van der Waals surface area contributed by atoms with Crippen molar-refractivity contribution < 1.29 is 33.2 Å². The van der Waals surface area contributed by atoms with Gasteiger partial charge in [-0.3, -0.25) is 0 Å². The van der Waals surface area contributed by atoms with Gasteiger partial charge in [0.15, 0.2) is 25.1 Å². The van der Waals surface area contributed by atoms with E-state index in [4.69, 9.17) is 33.2 Å². The van der Waals surface area contributed by atoms with E-state index >= 15 is 0 Å². The van der Waals surface area contributed by atoms with Crippen LogP contribution in [0.1, 0.15) is 274 Å². The highest BCUT2D eigenvalue weighted by molar-refractivity contribution is 5.09. The Kier molecular flexibility index (Phi) is 46.9. The highest BCUT2D eigenvalue weighted by atomic mass is 16.7. The van der Waals surface area contributed by atoms with Gasteiger partial charge in [-0.05, 0) is 51.4 Å². The summed E-state index contributed by atoms with van der Waals surface area (Å²) in [7, 11) is 0. The number of unbranched alkanes of at least 4 members (excludes halogenated alkanes) is 22. The molecule has 0 aromatic rings. The van der Waals surface area contributed by atoms with Crippen LogP contribution in [0.25, 0.3) is 0 Å². The smallest absolute Gasteiger partial charge is 0.162 e. The molecule has 2 unspecified atom stereocenters. The molecule has 0 aliphatic heterocycles. The monoisotopic (exact) mass is 867 g/mol. The van der Waals surface area contributed by atoms with Gasteiger partial charge >= 0.3 is 0 Å². The number of ether oxygens (including phenoxy) is 7. The van der Waals surface area contributed by atoms with Gasteiger partial charge in [0, 0.05) is 12.8 Å². The van der Waals surface area contributed by atoms with Gasteiger partial charge in [0.05, 0.1) is 26.4 Å². The third-order valence-corrected chi connectivity index (χ3v) is 11.4. The molecule has 7 heteroatoms. The lowest BCUT2D eigenvalue weighted by molar-refractivity contribution is -0.167. The summed E-state index contributed by atoms with van der Waals surface area (Å²) in [5.41, 5.74) is 0. The summed E-state index contributed by atoms with van der Waals surface area (Å²) in [6.45, 7) is 20.8. The first-order valence-corrected chi connectivity index (χ1v) is 26.9. The van der Waals surface area contributed by atoms with Gasteiger partial charge in [0.2, 0.25) is 0 Å². The summed E-state index contributed by atoms with van der Waals surface area (Å²) in [6, 6.07) is 0. The van der Waals surface area contributed by atoms with E-state index in [1.165, 1.54) is 141 Å². The van der Waals surface area contributed by atoms with Crippen LogP contribution >= 0.6 is 0 Å². The molecule has 364 valence electrons. The van der Waals surface area contributed by atoms with Crippen molar-refractivity contribution in [3.05, 3.63) is 23.0 Å². The number of rotatable bonds is 50. The van der Waals surface area contributed by atoms with Crippen molar-refractivity contribution in [2.75, 3.05) is 40.0 Å². The van der Waals surface area contributed by atoms with Crippen molar-refractivity contribution >= 4 is 0 Å². The van der Waals surface area contributed by atoms with E-state index in [0.29, 0.717) is 26.4 Å². The fourth-order valence-electron chi connectivity index (χ4n) is 7.69. The van der Waals surface area contributed by atoms with E-state index in [1.807, 2.05) is 0 Å². The Bertz CT molecular complexity index is 876. The molecular formula is C54H106O7. The molecule has 0 spiro atoms. The molecule has 0 fully saturated rings. The van der Waals surface area contributed by atoms with E-state index in [0.717, 1.165) is 100 Å². The largest absolute Gasteiger partial charge is 0.494 e. The number of hydrogen-bond donors (Lipinski definition) is 0. The van der Waals surface area contributed by atoms with Gasteiger partial charge in [-0.15, -0.1) is 0 Å². The van der Waals surface area contributed by atoms with Gasteiger partial charge < -0.3 is 33.2 Å². The van der Waals surface area contributed by atoms with E-state index in [1.54, 1.807) is 0 Å². The molecule has 0 N–H and O–H groups in total. The highest BCUT2D eigenvalue weighted by Gasteiger charge is 2.25. The SMILES string of the molecule is CCCCCCCCCCC(OCCC)=C(OCCC)C(CCCCCCC)OCOCOC(CCCCCCC)C(OCCC)=C(CCCCCCCCCC)OCCC. The van der Waals surface area contributed by atoms with Crippen LogP contribution in [0.15, 0.2) is 23.0 Å². The minimum atomic E-state index is -0.215. The Labute approximate surface area is 380 Å². The highest BCUT2D eigenvalue weighted by Crippen LogP contribution is 2.28. The summed E-state index contributed by atoms with van der Waals surface area (Å²) < 4.78 is 45.7. The van der Waals surface area contributed by atoms with Crippen molar-refractivity contribution in [3.8, 4) is 0 Å². The molecule has 2 atom stereocenters. The van der Waals surface area contributed by atoms with Crippen molar-refractivity contribution in [2.24, 2.45) is 0 Å². The Morgan fingerprint density at radius 3 is 0.885 bits per heavy atom. The second kappa shape index (κ2) is 48.0. The van der Waals surface area contributed by atoms with Gasteiger partial charge in [-0.2, -0.15) is 0 Å². The van der Waals surface area contributed by atoms with Crippen LogP contribution in [0.5, 0.6) is 0 Å². The molecule has 0 bridgehead atoms. The van der Waals surface area contributed by atoms with Gasteiger partial charge in [-0.1, -0.05) is 209 Å². The van der Waals surface area contributed by atoms with Gasteiger partial charge in [-0.25, -0.2) is 0 Å². The average molecular weight is 867 g/mol. The first kappa shape index (κ1) is 59.6. The lowest BCUT2D eigenvalue weighted by atomic mass is 10.0. The summed E-state index contributed by atoms with van der Waals surface area (Å²) in [4.78, 5) is 0. The minimum Gasteiger partial charge on any atom is -0.494 e. The maximum atomic E-state index is 6.66. The van der Waals surface area contributed by atoms with Crippen LogP contribution in [0.3, 0.4) is 0 Å². The van der Waals surface area contributed by atoms with Crippen LogP contribution < -0.4 is 0 Å². The molecule has 61 heavy (non-hydrogen) atoms. The summed E-state index contributed by atoms with van der Waals surface area (Å²) in [5, 5.41) is 0. The lowest BCUT2D eigenvalue weighted by Crippen LogP contribution is -2.25. The molecule has 0 radical (unpaired) electrons. The maximum absolute atomic E-state index is 6.66. The molecule has 0 aliphatic carbocycles. The Hall–Kier alpha value is -1.44. The standard InChI is InChI=1S/C54H106O7/c1-9-17-21-25-27-29-33-37-39-49(56-43-13-5)53(58-45-15-7)51(41-35-31-23-19-11-3)60-47-55-48-61-52(42-36-32-24-20-12-4)54(59-46-16-8)50(57-44-14-6)40-38-34-30-28-26-22-18-10-2/h51-52H,9-48H2,1-8H3. The Balaban J connectivity index is 6.16. The maximum Gasteiger partial charge on any atom is 0.162 e. The van der Waals surface area contributed by atoms with Gasteiger partial charge in [0.1, 0.15) is 23.7 Å². The van der Waals surface area contributed by atoms with Gasteiger partial charge in [0.25, 0.3) is 0 Å². The second-order valence-electron chi connectivity index (χ2n) is 17.6. The zero-order valence-corrected chi connectivity index (χ0v) is 42.3. The lowest BCUT2D eigenvalue weighted by Gasteiger charge is -2.26. The first-order chi connectivity index (χ1) is 30.1. The molecule has 0 amide bonds. The zero-order valence-electron chi connectivity index (χ0n) is 42.3. The summed E-state index contributed by atoms with van der Waals surface area (Å²) in [5.74, 6) is 3.75. The summed E-state index contributed by atoms with van der Waals surface area (Å²) in [6.07, 6.45) is 39.6. The van der Waals surface area contributed by atoms with E-state index in [9.17, 15) is 0 Å². The fraction of sp³-hybridized carbons (Fsp3) is 0.926. The normalized spacial score (nSPS) is 13.5. The van der Waals surface area contributed by atoms with Crippen molar-refractivity contribution in [1.29, 1.82) is 0 Å². The van der Waals surface area contributed by atoms with Crippen LogP contribution in [-0.4, -0.2) is 52.2 Å². The molecule has 0 rings (SSSR count). The van der Waals surface area contributed by atoms with Crippen molar-refractivity contribution in [2.45, 2.75) is 286 Å². The van der Waals surface area contributed by atoms with Crippen LogP contribution in [-0.2, 0) is 33.2 Å². The van der Waals surface area contributed by atoms with E-state index in [-0.39, 0.29) is 25.8 Å². The molecule has 0 saturated carbocycles. The molecule has 0 saturated heterocycles. The Morgan fingerprint density at radius 1 is 0.295 bits per heavy atom. The van der Waals surface area contributed by atoms with Crippen LogP contribution in [0.2, 0.25) is 0 Å². The fourth-order valence-corrected chi connectivity index (χ4v) is 7.69. The molecule has 0 aliphatic rings. The minimum absolute atomic E-state index is 0.132. The predicted octanol–water partition coefficient (Wildman–Crippen LogP) is 17.6. The quantitative estimate of drug-likeness (QED) is 0.0343. The molecular weight excluding hydrogens is 761 g/mol. The van der Waals surface area contributed by atoms with Crippen LogP contribution in [0, 0.1) is 0 Å². The Morgan fingerprint density at radius 2 is 0.574 bits per heavy atom. The van der Waals surface area contributed by atoms with Crippen LogP contribution in [0.4, 0.5) is 0 Å². The molecule has 0 aromatic heterocycles. The zero-order chi connectivity index (χ0) is 44.7.